The lowest BCUT2D eigenvalue weighted by atomic mass is 10.00. The molecule has 140 valence electrons. The van der Waals surface area contributed by atoms with E-state index in [-0.39, 0.29) is 12.4 Å². The SMILES string of the molecule is FC(F)(F)C1CNCC(c2cccnc2)N1c1cncc(-c2ncon2)c1. The van der Waals surface area contributed by atoms with Crippen molar-refractivity contribution in [3.8, 4) is 11.4 Å². The predicted octanol–water partition coefficient (Wildman–Crippen LogP) is 2.61. The van der Waals surface area contributed by atoms with E-state index in [1.807, 2.05) is 0 Å². The summed E-state index contributed by atoms with van der Waals surface area (Å²) in [6.45, 7) is 0.136. The van der Waals surface area contributed by atoms with Crippen molar-refractivity contribution in [1.82, 2.24) is 25.4 Å². The first-order chi connectivity index (χ1) is 13.0. The Hall–Kier alpha value is -3.01. The molecule has 2 unspecified atom stereocenters. The second-order valence-electron chi connectivity index (χ2n) is 6.11. The number of anilines is 1. The van der Waals surface area contributed by atoms with Gasteiger partial charge in [0.05, 0.1) is 17.9 Å². The second-order valence-corrected chi connectivity index (χ2v) is 6.11. The lowest BCUT2D eigenvalue weighted by Crippen LogP contribution is -2.59. The number of alkyl halides is 3. The average Bonchev–Trinajstić information content (AvgIpc) is 3.22. The van der Waals surface area contributed by atoms with Gasteiger partial charge in [-0.25, -0.2) is 0 Å². The Bertz CT molecular complexity index is 887. The molecule has 0 saturated carbocycles. The van der Waals surface area contributed by atoms with Gasteiger partial charge < -0.3 is 14.7 Å². The van der Waals surface area contributed by atoms with E-state index >= 15 is 0 Å². The maximum atomic E-state index is 13.8. The van der Waals surface area contributed by atoms with Crippen LogP contribution in [0.1, 0.15) is 11.6 Å². The fourth-order valence-electron chi connectivity index (χ4n) is 3.24. The number of nitrogens with one attached hydrogen (secondary N) is 1. The third-order valence-electron chi connectivity index (χ3n) is 4.44. The molecule has 0 aliphatic carbocycles. The molecule has 0 bridgehead atoms. The van der Waals surface area contributed by atoms with Crippen LogP contribution >= 0.6 is 0 Å². The standard InChI is InChI=1S/C17H15F3N6O/c18-17(19,20)15-9-23-8-14(11-2-1-3-21-5-11)26(15)13-4-12(6-22-7-13)16-24-10-27-25-16/h1-7,10,14-15,23H,8-9H2. The Balaban J connectivity index is 1.79. The van der Waals surface area contributed by atoms with Gasteiger partial charge in [0.2, 0.25) is 12.2 Å². The van der Waals surface area contributed by atoms with Crippen molar-refractivity contribution in [3.63, 3.8) is 0 Å². The first-order valence-electron chi connectivity index (χ1n) is 8.21. The molecular formula is C17H15F3N6O. The van der Waals surface area contributed by atoms with Crippen LogP contribution in [0.2, 0.25) is 0 Å². The van der Waals surface area contributed by atoms with Crippen LogP contribution in [-0.4, -0.2) is 45.4 Å². The monoisotopic (exact) mass is 376 g/mol. The van der Waals surface area contributed by atoms with Gasteiger partial charge in [-0.05, 0) is 17.7 Å². The van der Waals surface area contributed by atoms with Gasteiger partial charge in [-0.3, -0.25) is 9.97 Å². The van der Waals surface area contributed by atoms with E-state index in [1.165, 1.54) is 17.3 Å². The fraction of sp³-hybridized carbons (Fsp3) is 0.294. The number of piperazine rings is 1. The highest BCUT2D eigenvalue weighted by Gasteiger charge is 2.48. The molecule has 1 saturated heterocycles. The topological polar surface area (TPSA) is 80.0 Å². The molecule has 1 aliphatic heterocycles. The summed E-state index contributed by atoms with van der Waals surface area (Å²) in [5.41, 5.74) is 1.49. The van der Waals surface area contributed by atoms with Gasteiger partial charge in [0.15, 0.2) is 0 Å². The maximum Gasteiger partial charge on any atom is 0.410 e. The Morgan fingerprint density at radius 1 is 1.15 bits per heavy atom. The van der Waals surface area contributed by atoms with Gasteiger partial charge in [0, 0.05) is 37.2 Å². The van der Waals surface area contributed by atoms with Crippen molar-refractivity contribution in [2.24, 2.45) is 0 Å². The van der Waals surface area contributed by atoms with Gasteiger partial charge in [-0.2, -0.15) is 18.2 Å². The molecule has 0 radical (unpaired) electrons. The Morgan fingerprint density at radius 2 is 2.04 bits per heavy atom. The van der Waals surface area contributed by atoms with Crippen molar-refractivity contribution in [2.45, 2.75) is 18.3 Å². The van der Waals surface area contributed by atoms with Crippen LogP contribution in [-0.2, 0) is 0 Å². The lowest BCUT2D eigenvalue weighted by molar-refractivity contribution is -0.151. The van der Waals surface area contributed by atoms with E-state index in [9.17, 15) is 13.2 Å². The third-order valence-corrected chi connectivity index (χ3v) is 4.44. The van der Waals surface area contributed by atoms with Crippen LogP contribution in [0, 0.1) is 0 Å². The molecule has 0 spiro atoms. The molecule has 0 amide bonds. The Labute approximate surface area is 152 Å². The molecule has 2 atom stereocenters. The number of pyridine rings is 2. The van der Waals surface area contributed by atoms with Crippen LogP contribution < -0.4 is 10.2 Å². The quantitative estimate of drug-likeness (QED) is 0.753. The molecule has 1 fully saturated rings. The maximum absolute atomic E-state index is 13.8. The summed E-state index contributed by atoms with van der Waals surface area (Å²) in [5, 5.41) is 6.61. The lowest BCUT2D eigenvalue weighted by Gasteiger charge is -2.44. The molecule has 3 aromatic heterocycles. The van der Waals surface area contributed by atoms with Crippen molar-refractivity contribution in [3.05, 3.63) is 54.9 Å². The minimum absolute atomic E-state index is 0.216. The molecular weight excluding hydrogens is 361 g/mol. The van der Waals surface area contributed by atoms with Crippen molar-refractivity contribution < 1.29 is 17.7 Å². The van der Waals surface area contributed by atoms with Gasteiger partial charge in [-0.15, -0.1) is 0 Å². The number of rotatable bonds is 3. The number of hydrogen-bond donors (Lipinski definition) is 1. The second kappa shape index (κ2) is 6.95. The molecule has 27 heavy (non-hydrogen) atoms. The van der Waals surface area contributed by atoms with E-state index in [1.54, 1.807) is 30.6 Å². The minimum atomic E-state index is -4.42. The van der Waals surface area contributed by atoms with E-state index in [0.29, 0.717) is 23.4 Å². The fourth-order valence-corrected chi connectivity index (χ4v) is 3.24. The van der Waals surface area contributed by atoms with E-state index in [0.717, 1.165) is 6.39 Å². The Morgan fingerprint density at radius 3 is 2.74 bits per heavy atom. The smallest absolute Gasteiger partial charge is 0.349 e. The molecule has 4 heterocycles. The van der Waals surface area contributed by atoms with E-state index in [2.05, 4.69) is 25.4 Å². The van der Waals surface area contributed by atoms with Gasteiger partial charge in [0.1, 0.15) is 6.04 Å². The van der Waals surface area contributed by atoms with Gasteiger partial charge in [-0.1, -0.05) is 11.2 Å². The zero-order valence-electron chi connectivity index (χ0n) is 14.0. The molecule has 0 aromatic carbocycles. The first-order valence-corrected chi connectivity index (χ1v) is 8.21. The zero-order chi connectivity index (χ0) is 18.9. The van der Waals surface area contributed by atoms with E-state index < -0.39 is 18.3 Å². The van der Waals surface area contributed by atoms with Gasteiger partial charge in [0.25, 0.3) is 0 Å². The Kier molecular flexibility index (Phi) is 4.48. The summed E-state index contributed by atoms with van der Waals surface area (Å²) in [7, 11) is 0. The van der Waals surface area contributed by atoms with E-state index in [4.69, 9.17) is 4.52 Å². The average molecular weight is 376 g/mol. The summed E-state index contributed by atoms with van der Waals surface area (Å²) < 4.78 is 46.1. The van der Waals surface area contributed by atoms with Crippen molar-refractivity contribution in [1.29, 1.82) is 0 Å². The summed E-state index contributed by atoms with van der Waals surface area (Å²) >= 11 is 0. The highest BCUT2D eigenvalue weighted by atomic mass is 19.4. The minimum Gasteiger partial charge on any atom is -0.349 e. The summed E-state index contributed by atoms with van der Waals surface area (Å²) in [4.78, 5) is 13.4. The molecule has 10 heteroatoms. The number of aromatic nitrogens is 4. The summed E-state index contributed by atoms with van der Waals surface area (Å²) in [6.07, 6.45) is 2.80. The van der Waals surface area contributed by atoms with Crippen LogP contribution in [0.5, 0.6) is 0 Å². The largest absolute Gasteiger partial charge is 0.410 e. The van der Waals surface area contributed by atoms with Crippen LogP contribution in [0.15, 0.2) is 53.9 Å². The summed E-state index contributed by atoms with van der Waals surface area (Å²) in [5.74, 6) is 0.265. The van der Waals surface area contributed by atoms with Crippen LogP contribution in [0.25, 0.3) is 11.4 Å². The van der Waals surface area contributed by atoms with Crippen LogP contribution in [0.4, 0.5) is 18.9 Å². The van der Waals surface area contributed by atoms with Crippen molar-refractivity contribution in [2.75, 3.05) is 18.0 Å². The van der Waals surface area contributed by atoms with Gasteiger partial charge >= 0.3 is 6.18 Å². The first kappa shape index (κ1) is 17.4. The highest BCUT2D eigenvalue weighted by molar-refractivity contribution is 5.62. The molecule has 3 aromatic rings. The summed E-state index contributed by atoms with van der Waals surface area (Å²) in [6, 6.07) is 2.80. The molecule has 7 nitrogen and oxygen atoms in total. The number of nitrogens with zero attached hydrogens (tertiary/aromatic N) is 5. The normalized spacial score (nSPS) is 20.6. The predicted molar refractivity (Wildman–Crippen MR) is 89.7 cm³/mol. The molecule has 4 rings (SSSR count). The highest BCUT2D eigenvalue weighted by Crippen LogP contribution is 2.38. The molecule has 1 N–H and O–H groups in total. The third kappa shape index (κ3) is 3.47. The van der Waals surface area contributed by atoms with Crippen LogP contribution in [0.3, 0.4) is 0 Å². The number of hydrogen-bond acceptors (Lipinski definition) is 7. The number of halogens is 3. The van der Waals surface area contributed by atoms with Crippen molar-refractivity contribution >= 4 is 5.69 Å². The zero-order valence-corrected chi connectivity index (χ0v) is 14.0. The molecule has 1 aliphatic rings.